The third-order valence-electron chi connectivity index (χ3n) is 5.39. The lowest BCUT2D eigenvalue weighted by atomic mass is 9.92. The van der Waals surface area contributed by atoms with Crippen LogP contribution in [0.3, 0.4) is 0 Å². The summed E-state index contributed by atoms with van der Waals surface area (Å²) in [5, 5.41) is 0. The summed E-state index contributed by atoms with van der Waals surface area (Å²) in [7, 11) is 0. The summed E-state index contributed by atoms with van der Waals surface area (Å²) >= 11 is 0. The number of hydrogen-bond donors (Lipinski definition) is 0. The predicted octanol–water partition coefficient (Wildman–Crippen LogP) is 3.47. The molecule has 0 aliphatic carbocycles. The maximum Gasteiger partial charge on any atom is 0.225 e. The molecule has 23 heavy (non-hydrogen) atoms. The van der Waals surface area contributed by atoms with Gasteiger partial charge in [-0.2, -0.15) is 0 Å². The van der Waals surface area contributed by atoms with Gasteiger partial charge in [0.15, 0.2) is 0 Å². The smallest absolute Gasteiger partial charge is 0.225 e. The number of nitrogens with zero attached hydrogens (tertiary/aromatic N) is 2. The van der Waals surface area contributed by atoms with Crippen molar-refractivity contribution in [3.8, 4) is 0 Å². The molecule has 0 bridgehead atoms. The molecule has 1 atom stereocenters. The van der Waals surface area contributed by atoms with Crippen LogP contribution in [0.5, 0.6) is 0 Å². The van der Waals surface area contributed by atoms with E-state index in [1.165, 1.54) is 24.0 Å². The van der Waals surface area contributed by atoms with E-state index in [1.807, 2.05) is 0 Å². The molecule has 2 saturated heterocycles. The van der Waals surface area contributed by atoms with Crippen LogP contribution in [0.25, 0.3) is 0 Å². The average Bonchev–Trinajstić information content (AvgIpc) is 2.55. The first-order valence-electron chi connectivity index (χ1n) is 9.18. The third kappa shape index (κ3) is 4.35. The molecule has 0 aromatic heterocycles. The Morgan fingerprint density at radius 2 is 1.96 bits per heavy atom. The number of rotatable bonds is 3. The van der Waals surface area contributed by atoms with Crippen molar-refractivity contribution in [2.45, 2.75) is 46.1 Å². The van der Waals surface area contributed by atoms with Crippen molar-refractivity contribution in [3.05, 3.63) is 35.4 Å². The highest BCUT2D eigenvalue weighted by atomic mass is 16.2. The number of likely N-dealkylation sites (tertiary alicyclic amines) is 2. The number of piperidine rings is 2. The normalized spacial score (nSPS) is 23.9. The number of hydrogen-bond acceptors (Lipinski definition) is 2. The van der Waals surface area contributed by atoms with Gasteiger partial charge < -0.3 is 4.90 Å². The molecule has 0 radical (unpaired) electrons. The van der Waals surface area contributed by atoms with E-state index in [9.17, 15) is 4.79 Å². The number of benzene rings is 1. The molecule has 3 nitrogen and oxygen atoms in total. The van der Waals surface area contributed by atoms with Crippen LogP contribution in [0.1, 0.15) is 43.7 Å². The fourth-order valence-corrected chi connectivity index (χ4v) is 4.05. The topological polar surface area (TPSA) is 23.6 Å². The minimum Gasteiger partial charge on any atom is -0.342 e. The van der Waals surface area contributed by atoms with E-state index in [4.69, 9.17) is 0 Å². The molecule has 0 saturated carbocycles. The zero-order valence-electron chi connectivity index (χ0n) is 14.6. The van der Waals surface area contributed by atoms with Crippen LogP contribution in [0.15, 0.2) is 24.3 Å². The van der Waals surface area contributed by atoms with Crippen molar-refractivity contribution in [2.75, 3.05) is 26.2 Å². The fourth-order valence-electron chi connectivity index (χ4n) is 4.05. The van der Waals surface area contributed by atoms with E-state index < -0.39 is 0 Å². The molecule has 3 heteroatoms. The molecule has 1 aromatic rings. The Balaban J connectivity index is 1.49. The van der Waals surface area contributed by atoms with Crippen molar-refractivity contribution < 1.29 is 4.79 Å². The molecule has 0 N–H and O–H groups in total. The molecule has 3 rings (SSSR count). The Labute approximate surface area is 140 Å². The van der Waals surface area contributed by atoms with Crippen LogP contribution in [-0.4, -0.2) is 41.9 Å². The van der Waals surface area contributed by atoms with E-state index >= 15 is 0 Å². The standard InChI is InChI=1S/C20H30N2O/c1-16-5-3-7-18(13-16)15-21-11-8-19(9-12-21)20(23)22-10-4-6-17(2)14-22/h3,5,7,13,17,19H,4,6,8-12,14-15H2,1-2H3. The van der Waals surface area contributed by atoms with E-state index in [2.05, 4.69) is 47.9 Å². The molecule has 2 fully saturated rings. The highest BCUT2D eigenvalue weighted by molar-refractivity contribution is 5.79. The van der Waals surface area contributed by atoms with Gasteiger partial charge in [-0.1, -0.05) is 36.8 Å². The second-order valence-electron chi connectivity index (χ2n) is 7.57. The number of carbonyl (C=O) groups excluding carboxylic acids is 1. The summed E-state index contributed by atoms with van der Waals surface area (Å²) in [5.41, 5.74) is 2.71. The Morgan fingerprint density at radius 1 is 1.17 bits per heavy atom. The Bertz CT molecular complexity index is 534. The summed E-state index contributed by atoms with van der Waals surface area (Å²) in [6.45, 7) is 9.48. The van der Waals surface area contributed by atoms with Crippen LogP contribution >= 0.6 is 0 Å². The second kappa shape index (κ2) is 7.48. The Hall–Kier alpha value is -1.35. The van der Waals surface area contributed by atoms with Gasteiger partial charge in [-0.05, 0) is 57.2 Å². The molecule has 1 unspecified atom stereocenters. The molecule has 2 aliphatic heterocycles. The van der Waals surface area contributed by atoms with Crippen LogP contribution in [0.2, 0.25) is 0 Å². The first kappa shape index (κ1) is 16.5. The fraction of sp³-hybridized carbons (Fsp3) is 0.650. The zero-order valence-corrected chi connectivity index (χ0v) is 14.6. The van der Waals surface area contributed by atoms with E-state index in [1.54, 1.807) is 0 Å². The van der Waals surface area contributed by atoms with E-state index in [-0.39, 0.29) is 5.92 Å². The summed E-state index contributed by atoms with van der Waals surface area (Å²) < 4.78 is 0. The Kier molecular flexibility index (Phi) is 5.37. The number of amides is 1. The molecule has 2 heterocycles. The van der Waals surface area contributed by atoms with Gasteiger partial charge in [-0.15, -0.1) is 0 Å². The van der Waals surface area contributed by atoms with Gasteiger partial charge >= 0.3 is 0 Å². The van der Waals surface area contributed by atoms with Gasteiger partial charge in [0.25, 0.3) is 0 Å². The quantitative estimate of drug-likeness (QED) is 0.853. The summed E-state index contributed by atoms with van der Waals surface area (Å²) in [5.74, 6) is 1.36. The monoisotopic (exact) mass is 314 g/mol. The number of aryl methyl sites for hydroxylation is 1. The van der Waals surface area contributed by atoms with Gasteiger partial charge in [0.2, 0.25) is 5.91 Å². The maximum absolute atomic E-state index is 12.7. The molecule has 2 aliphatic rings. The van der Waals surface area contributed by atoms with Gasteiger partial charge in [0.05, 0.1) is 0 Å². The molecule has 0 spiro atoms. The van der Waals surface area contributed by atoms with Gasteiger partial charge in [-0.3, -0.25) is 9.69 Å². The number of carbonyl (C=O) groups is 1. The molecule has 1 amide bonds. The van der Waals surface area contributed by atoms with Crippen LogP contribution < -0.4 is 0 Å². The van der Waals surface area contributed by atoms with E-state index in [0.717, 1.165) is 45.6 Å². The summed E-state index contributed by atoms with van der Waals surface area (Å²) in [6.07, 6.45) is 4.50. The van der Waals surface area contributed by atoms with E-state index in [0.29, 0.717) is 11.8 Å². The van der Waals surface area contributed by atoms with Crippen molar-refractivity contribution in [3.63, 3.8) is 0 Å². The minimum atomic E-state index is 0.258. The van der Waals surface area contributed by atoms with Gasteiger partial charge in [0.1, 0.15) is 0 Å². The van der Waals surface area contributed by atoms with Gasteiger partial charge in [-0.25, -0.2) is 0 Å². The largest absolute Gasteiger partial charge is 0.342 e. The molecule has 126 valence electrons. The highest BCUT2D eigenvalue weighted by Gasteiger charge is 2.30. The minimum absolute atomic E-state index is 0.258. The first-order chi connectivity index (χ1) is 11.1. The highest BCUT2D eigenvalue weighted by Crippen LogP contribution is 2.24. The van der Waals surface area contributed by atoms with Crippen molar-refractivity contribution in [2.24, 2.45) is 11.8 Å². The zero-order chi connectivity index (χ0) is 16.2. The average molecular weight is 314 g/mol. The molecule has 1 aromatic carbocycles. The van der Waals surface area contributed by atoms with Crippen molar-refractivity contribution in [1.82, 2.24) is 9.80 Å². The third-order valence-corrected chi connectivity index (χ3v) is 5.39. The van der Waals surface area contributed by atoms with Crippen LogP contribution in [0, 0.1) is 18.8 Å². The predicted molar refractivity (Wildman–Crippen MR) is 94.2 cm³/mol. The summed E-state index contributed by atoms with van der Waals surface area (Å²) in [6, 6.07) is 8.76. The SMILES string of the molecule is Cc1cccc(CN2CCC(C(=O)N3CCCC(C)C3)CC2)c1. The first-order valence-corrected chi connectivity index (χ1v) is 9.18. The van der Waals surface area contributed by atoms with Crippen LogP contribution in [-0.2, 0) is 11.3 Å². The maximum atomic E-state index is 12.7. The molecular weight excluding hydrogens is 284 g/mol. The van der Waals surface area contributed by atoms with Crippen molar-refractivity contribution in [1.29, 1.82) is 0 Å². The summed E-state index contributed by atoms with van der Waals surface area (Å²) in [4.78, 5) is 17.3. The lowest BCUT2D eigenvalue weighted by Crippen LogP contribution is -2.45. The second-order valence-corrected chi connectivity index (χ2v) is 7.57. The lowest BCUT2D eigenvalue weighted by Gasteiger charge is -2.37. The van der Waals surface area contributed by atoms with Crippen molar-refractivity contribution >= 4 is 5.91 Å². The Morgan fingerprint density at radius 3 is 2.65 bits per heavy atom. The lowest BCUT2D eigenvalue weighted by molar-refractivity contribution is -0.138. The molecular formula is C20H30N2O. The van der Waals surface area contributed by atoms with Gasteiger partial charge in [0, 0.05) is 25.6 Å². The van der Waals surface area contributed by atoms with Crippen LogP contribution in [0.4, 0.5) is 0 Å².